The molecule has 11 heteroatoms. The third-order valence-electron chi connectivity index (χ3n) is 6.99. The van der Waals surface area contributed by atoms with Gasteiger partial charge in [0.25, 0.3) is 5.91 Å². The molecule has 0 aromatic heterocycles. The molecule has 1 amide bonds. The highest BCUT2D eigenvalue weighted by Crippen LogP contribution is 2.31. The first-order chi connectivity index (χ1) is 17.1. The number of anilines is 1. The second-order valence-electron chi connectivity index (χ2n) is 9.27. The molecule has 0 bridgehead atoms. The topological polar surface area (TPSA) is 113 Å². The summed E-state index contributed by atoms with van der Waals surface area (Å²) in [6.07, 6.45) is 6.51. The van der Waals surface area contributed by atoms with Crippen molar-refractivity contribution in [3.63, 3.8) is 0 Å². The van der Waals surface area contributed by atoms with E-state index in [1.807, 2.05) is 0 Å². The minimum absolute atomic E-state index is 0.00392. The molecule has 2 aliphatic rings. The highest BCUT2D eigenvalue weighted by atomic mass is 32.2. The predicted octanol–water partition coefficient (Wildman–Crippen LogP) is 3.69. The van der Waals surface area contributed by atoms with Crippen molar-refractivity contribution < 1.29 is 26.4 Å². The zero-order valence-electron chi connectivity index (χ0n) is 20.6. The van der Waals surface area contributed by atoms with Crippen LogP contribution in [0.25, 0.3) is 0 Å². The number of sulfonamides is 2. The minimum atomic E-state index is -3.79. The van der Waals surface area contributed by atoms with Gasteiger partial charge >= 0.3 is 0 Å². The summed E-state index contributed by atoms with van der Waals surface area (Å²) in [6, 6.07) is 10.3. The largest absolute Gasteiger partial charge is 0.495 e. The van der Waals surface area contributed by atoms with Gasteiger partial charge in [0.2, 0.25) is 20.0 Å². The number of ether oxygens (including phenoxy) is 1. The van der Waals surface area contributed by atoms with Gasteiger partial charge in [0.05, 0.1) is 12.0 Å². The molecule has 4 rings (SSSR count). The van der Waals surface area contributed by atoms with Crippen LogP contribution in [0, 0.1) is 0 Å². The van der Waals surface area contributed by atoms with Crippen molar-refractivity contribution in [3.05, 3.63) is 48.0 Å². The lowest BCUT2D eigenvalue weighted by Crippen LogP contribution is -2.38. The fourth-order valence-electron chi connectivity index (χ4n) is 4.81. The van der Waals surface area contributed by atoms with Gasteiger partial charge in [0, 0.05) is 37.4 Å². The van der Waals surface area contributed by atoms with Crippen LogP contribution in [0.2, 0.25) is 0 Å². The van der Waals surface area contributed by atoms with Crippen molar-refractivity contribution in [3.8, 4) is 5.75 Å². The molecule has 2 fully saturated rings. The average Bonchev–Trinajstić information content (AvgIpc) is 3.45. The summed E-state index contributed by atoms with van der Waals surface area (Å²) >= 11 is 0. The van der Waals surface area contributed by atoms with E-state index in [9.17, 15) is 21.6 Å². The minimum Gasteiger partial charge on any atom is -0.495 e. The Labute approximate surface area is 213 Å². The molecule has 0 spiro atoms. The first kappa shape index (κ1) is 26.6. The molecule has 1 aliphatic carbocycles. The first-order valence-electron chi connectivity index (χ1n) is 12.2. The number of carbonyl (C=O) groups is 1. The molecule has 196 valence electrons. The number of nitrogens with one attached hydrogen (secondary N) is 1. The van der Waals surface area contributed by atoms with Gasteiger partial charge in [-0.1, -0.05) is 19.3 Å². The third-order valence-corrected chi connectivity index (χ3v) is 10.8. The van der Waals surface area contributed by atoms with E-state index in [-0.39, 0.29) is 27.1 Å². The Kier molecular flexibility index (Phi) is 8.03. The summed E-state index contributed by atoms with van der Waals surface area (Å²) in [6.45, 7) is 0.875. The number of hydrogen-bond acceptors (Lipinski definition) is 6. The maximum Gasteiger partial charge on any atom is 0.255 e. The smallest absolute Gasteiger partial charge is 0.255 e. The van der Waals surface area contributed by atoms with E-state index in [4.69, 9.17) is 4.74 Å². The van der Waals surface area contributed by atoms with E-state index >= 15 is 0 Å². The summed E-state index contributed by atoms with van der Waals surface area (Å²) in [4.78, 5) is 13.0. The van der Waals surface area contributed by atoms with E-state index in [2.05, 4.69) is 5.32 Å². The van der Waals surface area contributed by atoms with Gasteiger partial charge in [-0.15, -0.1) is 0 Å². The molecule has 1 aliphatic heterocycles. The molecule has 1 saturated carbocycles. The fourth-order valence-corrected chi connectivity index (χ4v) is 7.92. The molecule has 0 radical (unpaired) electrons. The summed E-state index contributed by atoms with van der Waals surface area (Å²) in [7, 11) is -4.42. The summed E-state index contributed by atoms with van der Waals surface area (Å²) in [5.74, 6) is -0.333. The lowest BCUT2D eigenvalue weighted by atomic mass is 9.96. The molecular formula is C25H33N3O6S2. The van der Waals surface area contributed by atoms with Gasteiger partial charge in [-0.2, -0.15) is 8.61 Å². The highest BCUT2D eigenvalue weighted by Gasteiger charge is 2.31. The van der Waals surface area contributed by atoms with E-state index in [1.54, 1.807) is 7.05 Å². The van der Waals surface area contributed by atoms with Gasteiger partial charge < -0.3 is 10.1 Å². The van der Waals surface area contributed by atoms with Crippen molar-refractivity contribution in [1.29, 1.82) is 0 Å². The van der Waals surface area contributed by atoms with Crippen LogP contribution < -0.4 is 10.1 Å². The lowest BCUT2D eigenvalue weighted by Gasteiger charge is -2.30. The number of amides is 1. The van der Waals surface area contributed by atoms with Crippen LogP contribution in [0.1, 0.15) is 55.3 Å². The molecule has 36 heavy (non-hydrogen) atoms. The second kappa shape index (κ2) is 10.9. The van der Waals surface area contributed by atoms with Gasteiger partial charge in [-0.3, -0.25) is 4.79 Å². The number of rotatable bonds is 8. The Morgan fingerprint density at radius 1 is 0.944 bits per heavy atom. The zero-order valence-corrected chi connectivity index (χ0v) is 22.3. The van der Waals surface area contributed by atoms with Crippen LogP contribution >= 0.6 is 0 Å². The molecule has 9 nitrogen and oxygen atoms in total. The molecule has 0 atom stereocenters. The quantitative estimate of drug-likeness (QED) is 0.552. The van der Waals surface area contributed by atoms with Crippen LogP contribution in [0.15, 0.2) is 52.3 Å². The van der Waals surface area contributed by atoms with E-state index < -0.39 is 26.0 Å². The molecule has 0 unspecified atom stereocenters. The maximum absolute atomic E-state index is 13.1. The maximum atomic E-state index is 13.1. The molecule has 1 heterocycles. The van der Waals surface area contributed by atoms with E-state index in [1.165, 1.54) is 58.2 Å². The summed E-state index contributed by atoms with van der Waals surface area (Å²) < 4.78 is 60.4. The van der Waals surface area contributed by atoms with Crippen LogP contribution in [-0.4, -0.2) is 64.6 Å². The SMILES string of the molecule is COc1ccc(C(=O)Nc2ccc(S(=O)(=O)N(C)C3CCCCC3)cc2)cc1S(=O)(=O)N1CCCC1. The van der Waals surface area contributed by atoms with Crippen LogP contribution in [0.4, 0.5) is 5.69 Å². The summed E-state index contributed by atoms with van der Waals surface area (Å²) in [5, 5.41) is 2.72. The Bertz CT molecular complexity index is 1300. The van der Waals surface area contributed by atoms with Crippen molar-refractivity contribution >= 4 is 31.6 Å². The summed E-state index contributed by atoms with van der Waals surface area (Å²) in [5.41, 5.74) is 0.557. The number of nitrogens with zero attached hydrogens (tertiary/aromatic N) is 2. The number of carbonyl (C=O) groups excluding carboxylic acids is 1. The Morgan fingerprint density at radius 2 is 1.58 bits per heavy atom. The lowest BCUT2D eigenvalue weighted by molar-refractivity contribution is 0.102. The Hall–Kier alpha value is -2.47. The standard InChI is InChI=1S/C25H33N3O6S2/c1-27(21-8-4-3-5-9-21)35(30,31)22-13-11-20(12-14-22)26-25(29)19-10-15-23(34-2)24(18-19)36(32,33)28-16-6-7-17-28/h10-15,18,21H,3-9,16-17H2,1-2H3,(H,26,29). The zero-order chi connectivity index (χ0) is 25.9. The average molecular weight is 536 g/mol. The van der Waals surface area contributed by atoms with Gasteiger partial charge in [-0.05, 0) is 68.1 Å². The Morgan fingerprint density at radius 3 is 2.19 bits per heavy atom. The van der Waals surface area contributed by atoms with E-state index in [0.29, 0.717) is 18.8 Å². The number of methoxy groups -OCH3 is 1. The number of benzene rings is 2. The molecule has 2 aromatic carbocycles. The molecule has 1 saturated heterocycles. The molecule has 2 aromatic rings. The third kappa shape index (κ3) is 5.44. The highest BCUT2D eigenvalue weighted by molar-refractivity contribution is 7.89. The number of hydrogen-bond donors (Lipinski definition) is 1. The van der Waals surface area contributed by atoms with Crippen molar-refractivity contribution in [2.24, 2.45) is 0 Å². The Balaban J connectivity index is 1.51. The van der Waals surface area contributed by atoms with Crippen LogP contribution in [0.3, 0.4) is 0 Å². The molecule has 1 N–H and O–H groups in total. The van der Waals surface area contributed by atoms with Crippen molar-refractivity contribution in [2.45, 2.75) is 60.8 Å². The van der Waals surface area contributed by atoms with E-state index in [0.717, 1.165) is 44.9 Å². The molecular weight excluding hydrogens is 502 g/mol. The monoisotopic (exact) mass is 535 g/mol. The second-order valence-corrected chi connectivity index (χ2v) is 13.2. The van der Waals surface area contributed by atoms with Crippen molar-refractivity contribution in [2.75, 3.05) is 32.6 Å². The fraction of sp³-hybridized carbons (Fsp3) is 0.480. The predicted molar refractivity (Wildman–Crippen MR) is 137 cm³/mol. The van der Waals surface area contributed by atoms with Gasteiger partial charge in [0.15, 0.2) is 0 Å². The van der Waals surface area contributed by atoms with Crippen molar-refractivity contribution in [1.82, 2.24) is 8.61 Å². The van der Waals surface area contributed by atoms with Crippen LogP contribution in [0.5, 0.6) is 5.75 Å². The van der Waals surface area contributed by atoms with Gasteiger partial charge in [0.1, 0.15) is 10.6 Å². The van der Waals surface area contributed by atoms with Gasteiger partial charge in [-0.25, -0.2) is 16.8 Å². The normalized spacial score (nSPS) is 17.9. The van der Waals surface area contributed by atoms with Crippen LogP contribution in [-0.2, 0) is 20.0 Å². The first-order valence-corrected chi connectivity index (χ1v) is 15.1.